The van der Waals surface area contributed by atoms with Gasteiger partial charge in [0.05, 0.1) is 11.4 Å². The number of ether oxygens (including phenoxy) is 1. The molecule has 2 heterocycles. The Morgan fingerprint density at radius 2 is 1.69 bits per heavy atom. The lowest BCUT2D eigenvalue weighted by molar-refractivity contribution is 0.00490. The van der Waals surface area contributed by atoms with Crippen LogP contribution in [0.2, 0.25) is 0 Å². The number of likely N-dealkylation sites (tertiary alicyclic amines) is 1. The lowest BCUT2D eigenvalue weighted by Gasteiger charge is -2.38. The number of benzene rings is 2. The number of nitrogens with zero attached hydrogens (tertiary/aromatic N) is 3. The van der Waals surface area contributed by atoms with Gasteiger partial charge < -0.3 is 15.0 Å². The van der Waals surface area contributed by atoms with Gasteiger partial charge in [0.15, 0.2) is 0 Å². The summed E-state index contributed by atoms with van der Waals surface area (Å²) in [6.07, 6.45) is 2.72. The van der Waals surface area contributed by atoms with Crippen LogP contribution in [0.5, 0.6) is 0 Å². The second kappa shape index (κ2) is 11.1. The molecule has 2 bridgehead atoms. The summed E-state index contributed by atoms with van der Waals surface area (Å²) in [6.45, 7) is 16.3. The van der Waals surface area contributed by atoms with Crippen LogP contribution >= 0.6 is 0 Å². The molecule has 1 aliphatic heterocycles. The maximum Gasteiger partial charge on any atom is 0.410 e. The van der Waals surface area contributed by atoms with Gasteiger partial charge in [-0.15, -0.1) is 0 Å². The molecule has 2 N–H and O–H groups in total. The van der Waals surface area contributed by atoms with Gasteiger partial charge in [0.25, 0.3) is 0 Å². The molecule has 8 heteroatoms. The molecule has 224 valence electrons. The van der Waals surface area contributed by atoms with Crippen LogP contribution in [-0.4, -0.2) is 44.5 Å². The van der Waals surface area contributed by atoms with E-state index in [2.05, 4.69) is 50.5 Å². The summed E-state index contributed by atoms with van der Waals surface area (Å²) in [5.74, 6) is 1.55. The third-order valence-electron chi connectivity index (χ3n) is 8.46. The molecule has 3 amide bonds. The lowest BCUT2D eigenvalue weighted by Crippen LogP contribution is -2.48. The van der Waals surface area contributed by atoms with Crippen LogP contribution in [-0.2, 0) is 16.6 Å². The lowest BCUT2D eigenvalue weighted by atomic mass is 9.84. The van der Waals surface area contributed by atoms with Gasteiger partial charge in [-0.05, 0) is 95.5 Å². The van der Waals surface area contributed by atoms with Crippen molar-refractivity contribution in [2.45, 2.75) is 97.8 Å². The Bertz CT molecular complexity index is 1450. The normalized spacial score (nSPS) is 21.9. The van der Waals surface area contributed by atoms with E-state index >= 15 is 0 Å². The second-order valence-electron chi connectivity index (χ2n) is 14.1. The van der Waals surface area contributed by atoms with E-state index in [1.807, 2.05) is 75.1 Å². The molecule has 2 fully saturated rings. The predicted molar refractivity (Wildman–Crippen MR) is 167 cm³/mol. The first kappa shape index (κ1) is 29.7. The van der Waals surface area contributed by atoms with Crippen molar-refractivity contribution in [2.24, 2.45) is 11.8 Å². The minimum absolute atomic E-state index is 0.159. The van der Waals surface area contributed by atoms with Gasteiger partial charge in [0.2, 0.25) is 0 Å². The Balaban J connectivity index is 1.24. The molecule has 4 atom stereocenters. The molecule has 1 saturated carbocycles. The Hall–Kier alpha value is -3.81. The zero-order valence-corrected chi connectivity index (χ0v) is 26.2. The van der Waals surface area contributed by atoms with Gasteiger partial charge in [-0.2, -0.15) is 5.10 Å². The van der Waals surface area contributed by atoms with Gasteiger partial charge in [-0.3, -0.25) is 5.32 Å². The molecular formula is C34H45N5O3. The number of anilines is 2. The van der Waals surface area contributed by atoms with Gasteiger partial charge in [0, 0.05) is 29.3 Å². The summed E-state index contributed by atoms with van der Waals surface area (Å²) < 4.78 is 7.47. The Morgan fingerprint density at radius 1 is 0.976 bits per heavy atom. The molecule has 42 heavy (non-hydrogen) atoms. The van der Waals surface area contributed by atoms with E-state index in [1.165, 1.54) is 5.56 Å². The molecule has 3 aromatic rings. The fourth-order valence-corrected chi connectivity index (χ4v) is 6.43. The smallest absolute Gasteiger partial charge is 0.410 e. The first-order valence-corrected chi connectivity index (χ1v) is 15.0. The van der Waals surface area contributed by atoms with Gasteiger partial charge in [-0.25, -0.2) is 14.3 Å². The first-order chi connectivity index (χ1) is 19.7. The average Bonchev–Trinajstić information content (AvgIpc) is 3.56. The van der Waals surface area contributed by atoms with Crippen LogP contribution in [0.3, 0.4) is 0 Å². The number of urea groups is 1. The van der Waals surface area contributed by atoms with E-state index in [4.69, 9.17) is 9.84 Å². The number of fused-ring (bicyclic) bond motifs is 2. The Kier molecular flexibility index (Phi) is 7.86. The number of rotatable bonds is 5. The van der Waals surface area contributed by atoms with Crippen molar-refractivity contribution in [1.29, 1.82) is 0 Å². The second-order valence-corrected chi connectivity index (χ2v) is 14.1. The zero-order valence-electron chi connectivity index (χ0n) is 26.2. The minimum atomic E-state index is -0.493. The van der Waals surface area contributed by atoms with Crippen LogP contribution in [0.15, 0.2) is 54.6 Å². The van der Waals surface area contributed by atoms with Crippen molar-refractivity contribution in [3.8, 4) is 5.69 Å². The fourth-order valence-electron chi connectivity index (χ4n) is 6.43. The van der Waals surface area contributed by atoms with E-state index in [1.54, 1.807) is 4.68 Å². The van der Waals surface area contributed by atoms with E-state index in [0.717, 1.165) is 41.9 Å². The van der Waals surface area contributed by atoms with Gasteiger partial charge in [-0.1, -0.05) is 50.6 Å². The van der Waals surface area contributed by atoms with Crippen molar-refractivity contribution < 1.29 is 14.3 Å². The minimum Gasteiger partial charge on any atom is -0.444 e. The van der Waals surface area contributed by atoms with Crippen molar-refractivity contribution in [3.05, 3.63) is 71.4 Å². The number of hydrogen-bond acceptors (Lipinski definition) is 4. The maximum absolute atomic E-state index is 13.2. The molecule has 5 rings (SSSR count). The molecule has 1 saturated heterocycles. The van der Waals surface area contributed by atoms with Crippen LogP contribution in [0.1, 0.15) is 78.1 Å². The van der Waals surface area contributed by atoms with Crippen molar-refractivity contribution >= 4 is 23.6 Å². The number of nitrogens with one attached hydrogen (secondary N) is 2. The molecule has 2 aliphatic rings. The van der Waals surface area contributed by atoms with E-state index in [9.17, 15) is 9.59 Å². The zero-order chi connectivity index (χ0) is 30.4. The quantitative estimate of drug-likeness (QED) is 0.328. The molecule has 8 nitrogen and oxygen atoms in total. The summed E-state index contributed by atoms with van der Waals surface area (Å²) in [5.41, 5.74) is 4.21. The van der Waals surface area contributed by atoms with Gasteiger partial charge >= 0.3 is 12.1 Å². The Labute approximate surface area is 249 Å². The van der Waals surface area contributed by atoms with Crippen LogP contribution in [0.4, 0.5) is 21.1 Å². The average molecular weight is 572 g/mol. The maximum atomic E-state index is 13.2. The predicted octanol–water partition coefficient (Wildman–Crippen LogP) is 7.70. The van der Waals surface area contributed by atoms with Crippen molar-refractivity contribution in [1.82, 2.24) is 14.7 Å². The number of aromatic nitrogens is 2. The third-order valence-corrected chi connectivity index (χ3v) is 8.46. The van der Waals surface area contributed by atoms with E-state index in [0.29, 0.717) is 17.7 Å². The molecule has 2 aromatic carbocycles. The van der Waals surface area contributed by atoms with Crippen LogP contribution in [0.25, 0.3) is 5.69 Å². The fraction of sp³-hybridized carbons (Fsp3) is 0.500. The number of hydrogen-bond donors (Lipinski definition) is 2. The van der Waals surface area contributed by atoms with Crippen LogP contribution < -0.4 is 10.6 Å². The highest BCUT2D eigenvalue weighted by molar-refractivity contribution is 5.99. The number of piperidine rings is 1. The van der Waals surface area contributed by atoms with E-state index in [-0.39, 0.29) is 29.6 Å². The molecule has 4 unspecified atom stereocenters. The topological polar surface area (TPSA) is 88.5 Å². The summed E-state index contributed by atoms with van der Waals surface area (Å²) in [4.78, 5) is 27.9. The van der Waals surface area contributed by atoms with Crippen LogP contribution in [0, 0.1) is 18.8 Å². The van der Waals surface area contributed by atoms with Crippen molar-refractivity contribution in [2.75, 3.05) is 10.6 Å². The Morgan fingerprint density at radius 3 is 2.33 bits per heavy atom. The highest BCUT2D eigenvalue weighted by atomic mass is 16.6. The van der Waals surface area contributed by atoms with Gasteiger partial charge in [0.1, 0.15) is 11.4 Å². The SMILES string of the molecule is Cc1ccc(-n2nc(C(C)(C)C)cc2NC(=O)Nc2cccc(CC3CC4CC3C(C)N4C(=O)OC(C)(C)C)c2)cc1. The number of amides is 3. The highest BCUT2D eigenvalue weighted by Crippen LogP contribution is 2.48. The number of carbonyl (C=O) groups is 2. The summed E-state index contributed by atoms with van der Waals surface area (Å²) in [5, 5.41) is 10.8. The molecule has 0 spiro atoms. The monoisotopic (exact) mass is 571 g/mol. The van der Waals surface area contributed by atoms with E-state index < -0.39 is 5.60 Å². The summed E-state index contributed by atoms with van der Waals surface area (Å²) in [7, 11) is 0. The largest absolute Gasteiger partial charge is 0.444 e. The highest BCUT2D eigenvalue weighted by Gasteiger charge is 2.51. The molecule has 1 aromatic heterocycles. The summed E-state index contributed by atoms with van der Waals surface area (Å²) in [6, 6.07) is 18.2. The number of aryl methyl sites for hydroxylation is 1. The van der Waals surface area contributed by atoms with Crippen molar-refractivity contribution in [3.63, 3.8) is 0 Å². The molecular weight excluding hydrogens is 526 g/mol. The molecule has 1 aliphatic carbocycles. The summed E-state index contributed by atoms with van der Waals surface area (Å²) >= 11 is 0. The third kappa shape index (κ3) is 6.48. The standard InChI is InChI=1S/C34H45N5O3/c1-21-12-14-26(15-13-21)39-30(20-29(37-39)33(3,4)5)36-31(40)35-25-11-9-10-23(17-25)16-24-18-27-19-28(24)22(2)38(27)32(41)42-34(6,7)8/h9-15,17,20,22,24,27-28H,16,18-19H2,1-8H3,(H2,35,36,40). The first-order valence-electron chi connectivity index (χ1n) is 15.0. The number of carbonyl (C=O) groups excluding carboxylic acids is 2. The molecule has 0 radical (unpaired) electrons.